The Kier molecular flexibility index (Phi) is 5.10. The van der Waals surface area contributed by atoms with E-state index >= 15 is 0 Å². The molecule has 4 heteroatoms. The lowest BCUT2D eigenvalue weighted by molar-refractivity contribution is 0.104. The summed E-state index contributed by atoms with van der Waals surface area (Å²) in [7, 11) is 0. The Bertz CT molecular complexity index is 1510. The second kappa shape index (κ2) is 8.36. The summed E-state index contributed by atoms with van der Waals surface area (Å²) in [6.07, 6.45) is 5.11. The molecule has 0 fully saturated rings. The standard InChI is InChI=1S/C28H20N2O2/c31-27(16-13-20-7-2-1-3-8-20)24-11-6-12-25(18-24)30-19-26(29-28(30)32)23-15-14-21-9-4-5-10-22(21)17-23/h1-19H,(H,29,32). The van der Waals surface area contributed by atoms with Crippen LogP contribution >= 0.6 is 0 Å². The lowest BCUT2D eigenvalue weighted by Crippen LogP contribution is -2.14. The van der Waals surface area contributed by atoms with Gasteiger partial charge in [-0.15, -0.1) is 0 Å². The van der Waals surface area contributed by atoms with Crippen molar-refractivity contribution in [3.8, 4) is 16.9 Å². The number of imidazole rings is 1. The monoisotopic (exact) mass is 416 g/mol. The van der Waals surface area contributed by atoms with Crippen LogP contribution in [0.5, 0.6) is 0 Å². The molecule has 0 radical (unpaired) electrons. The maximum Gasteiger partial charge on any atom is 0.330 e. The fourth-order valence-electron chi connectivity index (χ4n) is 3.73. The molecule has 0 saturated heterocycles. The van der Waals surface area contributed by atoms with Crippen LogP contribution in [0.25, 0.3) is 33.8 Å². The Morgan fingerprint density at radius 1 is 0.781 bits per heavy atom. The van der Waals surface area contributed by atoms with Crippen LogP contribution in [0.15, 0.2) is 114 Å². The second-order valence-corrected chi connectivity index (χ2v) is 7.56. The van der Waals surface area contributed by atoms with Crippen LogP contribution in [-0.2, 0) is 0 Å². The first-order chi connectivity index (χ1) is 15.7. The lowest BCUT2D eigenvalue weighted by Gasteiger charge is -2.04. The van der Waals surface area contributed by atoms with Crippen LogP contribution < -0.4 is 5.69 Å². The average molecular weight is 416 g/mol. The minimum atomic E-state index is -0.252. The van der Waals surface area contributed by atoms with E-state index < -0.39 is 0 Å². The molecule has 0 atom stereocenters. The predicted molar refractivity (Wildman–Crippen MR) is 129 cm³/mol. The van der Waals surface area contributed by atoms with Gasteiger partial charge in [0.15, 0.2) is 5.78 Å². The van der Waals surface area contributed by atoms with Crippen molar-refractivity contribution in [1.82, 2.24) is 9.55 Å². The van der Waals surface area contributed by atoms with Gasteiger partial charge in [-0.2, -0.15) is 0 Å². The number of aromatic amines is 1. The Labute approximate surface area is 185 Å². The number of nitrogens with one attached hydrogen (secondary N) is 1. The zero-order valence-electron chi connectivity index (χ0n) is 17.2. The average Bonchev–Trinajstić information content (AvgIpc) is 3.24. The Hall–Kier alpha value is -4.44. The van der Waals surface area contributed by atoms with Crippen LogP contribution in [0.4, 0.5) is 0 Å². The van der Waals surface area contributed by atoms with Crippen molar-refractivity contribution in [2.24, 2.45) is 0 Å². The summed E-state index contributed by atoms with van der Waals surface area (Å²) in [6.45, 7) is 0. The van der Waals surface area contributed by atoms with E-state index in [1.54, 1.807) is 36.5 Å². The molecule has 0 amide bonds. The maximum absolute atomic E-state index is 12.7. The molecule has 0 bridgehead atoms. The SMILES string of the molecule is O=C(C=Cc1ccccc1)c1cccc(-n2cc(-c3ccc4ccccc4c3)[nH]c2=O)c1. The summed E-state index contributed by atoms with van der Waals surface area (Å²) in [5, 5.41) is 2.25. The third-order valence-corrected chi connectivity index (χ3v) is 5.41. The number of rotatable bonds is 5. The van der Waals surface area contributed by atoms with Gasteiger partial charge >= 0.3 is 5.69 Å². The highest BCUT2D eigenvalue weighted by atomic mass is 16.1. The number of benzene rings is 4. The molecule has 0 saturated carbocycles. The zero-order valence-corrected chi connectivity index (χ0v) is 17.2. The Morgan fingerprint density at radius 2 is 1.56 bits per heavy atom. The molecule has 1 aromatic heterocycles. The summed E-state index contributed by atoms with van der Waals surface area (Å²) in [4.78, 5) is 28.3. The number of nitrogens with zero attached hydrogens (tertiary/aromatic N) is 1. The topological polar surface area (TPSA) is 54.9 Å². The third-order valence-electron chi connectivity index (χ3n) is 5.41. The van der Waals surface area contributed by atoms with Gasteiger partial charge in [0.05, 0.1) is 11.4 Å². The van der Waals surface area contributed by atoms with Crippen LogP contribution in [-0.4, -0.2) is 15.3 Å². The molecule has 1 heterocycles. The van der Waals surface area contributed by atoms with Crippen molar-refractivity contribution in [2.75, 3.05) is 0 Å². The first-order valence-electron chi connectivity index (χ1n) is 10.4. The fourth-order valence-corrected chi connectivity index (χ4v) is 3.73. The molecule has 0 unspecified atom stereocenters. The van der Waals surface area contributed by atoms with Gasteiger partial charge in [0, 0.05) is 17.3 Å². The van der Waals surface area contributed by atoms with Crippen molar-refractivity contribution >= 4 is 22.6 Å². The van der Waals surface area contributed by atoms with Crippen molar-refractivity contribution in [1.29, 1.82) is 0 Å². The number of aromatic nitrogens is 2. The molecular weight excluding hydrogens is 396 g/mol. The van der Waals surface area contributed by atoms with Gasteiger partial charge in [0.2, 0.25) is 0 Å². The van der Waals surface area contributed by atoms with Crippen LogP contribution in [0.1, 0.15) is 15.9 Å². The molecule has 0 aliphatic heterocycles. The number of carbonyl (C=O) groups is 1. The number of allylic oxidation sites excluding steroid dienone is 1. The second-order valence-electron chi connectivity index (χ2n) is 7.56. The summed E-state index contributed by atoms with van der Waals surface area (Å²) in [6, 6.07) is 30.9. The predicted octanol–water partition coefficient (Wildman–Crippen LogP) is 5.88. The summed E-state index contributed by atoms with van der Waals surface area (Å²) in [5.74, 6) is -0.117. The highest BCUT2D eigenvalue weighted by Gasteiger charge is 2.10. The van der Waals surface area contributed by atoms with Crippen molar-refractivity contribution in [2.45, 2.75) is 0 Å². The molecule has 154 valence electrons. The maximum atomic E-state index is 12.7. The molecular formula is C28H20N2O2. The Morgan fingerprint density at radius 3 is 2.41 bits per heavy atom. The number of fused-ring (bicyclic) bond motifs is 1. The van der Waals surface area contributed by atoms with E-state index in [4.69, 9.17) is 0 Å². The van der Waals surface area contributed by atoms with E-state index in [9.17, 15) is 9.59 Å². The van der Waals surface area contributed by atoms with E-state index in [0.717, 1.165) is 27.6 Å². The Balaban J connectivity index is 1.45. The van der Waals surface area contributed by atoms with Gasteiger partial charge in [0.1, 0.15) is 0 Å². The molecule has 32 heavy (non-hydrogen) atoms. The van der Waals surface area contributed by atoms with E-state index in [2.05, 4.69) is 17.1 Å². The van der Waals surface area contributed by atoms with Crippen LogP contribution in [0.2, 0.25) is 0 Å². The smallest absolute Gasteiger partial charge is 0.305 e. The van der Waals surface area contributed by atoms with Crippen LogP contribution in [0, 0.1) is 0 Å². The van der Waals surface area contributed by atoms with Gasteiger partial charge in [-0.3, -0.25) is 9.36 Å². The number of ketones is 1. The molecule has 5 aromatic rings. The fraction of sp³-hybridized carbons (Fsp3) is 0. The van der Waals surface area contributed by atoms with E-state index in [1.165, 1.54) is 4.57 Å². The normalized spacial score (nSPS) is 11.2. The highest BCUT2D eigenvalue weighted by molar-refractivity contribution is 6.07. The van der Waals surface area contributed by atoms with Gasteiger partial charge < -0.3 is 4.98 Å². The van der Waals surface area contributed by atoms with Gasteiger partial charge in [0.25, 0.3) is 0 Å². The summed E-state index contributed by atoms with van der Waals surface area (Å²) in [5.41, 5.74) is 3.52. The molecule has 0 aliphatic rings. The van der Waals surface area contributed by atoms with E-state index in [-0.39, 0.29) is 11.5 Å². The number of hydrogen-bond donors (Lipinski definition) is 1. The van der Waals surface area contributed by atoms with Crippen molar-refractivity contribution < 1.29 is 4.79 Å². The molecule has 4 aromatic carbocycles. The van der Waals surface area contributed by atoms with E-state index in [0.29, 0.717) is 11.3 Å². The minimum Gasteiger partial charge on any atom is -0.305 e. The third kappa shape index (κ3) is 3.94. The quantitative estimate of drug-likeness (QED) is 0.287. The molecule has 4 nitrogen and oxygen atoms in total. The number of H-pyrrole nitrogens is 1. The first kappa shape index (κ1) is 19.5. The minimum absolute atomic E-state index is 0.117. The molecule has 5 rings (SSSR count). The molecule has 0 spiro atoms. The van der Waals surface area contributed by atoms with Crippen molar-refractivity contribution in [3.63, 3.8) is 0 Å². The number of carbonyl (C=O) groups excluding carboxylic acids is 1. The highest BCUT2D eigenvalue weighted by Crippen LogP contribution is 2.23. The van der Waals surface area contributed by atoms with Crippen molar-refractivity contribution in [3.05, 3.63) is 131 Å². The number of hydrogen-bond acceptors (Lipinski definition) is 2. The van der Waals surface area contributed by atoms with Gasteiger partial charge in [-0.05, 0) is 40.6 Å². The summed E-state index contributed by atoms with van der Waals surface area (Å²) < 4.78 is 1.53. The molecule has 1 N–H and O–H groups in total. The molecule has 0 aliphatic carbocycles. The first-order valence-corrected chi connectivity index (χ1v) is 10.4. The van der Waals surface area contributed by atoms with E-state index in [1.807, 2.05) is 66.7 Å². The van der Waals surface area contributed by atoms with Gasteiger partial charge in [-0.25, -0.2) is 4.79 Å². The zero-order chi connectivity index (χ0) is 21.9. The largest absolute Gasteiger partial charge is 0.330 e. The van der Waals surface area contributed by atoms with Gasteiger partial charge in [-0.1, -0.05) is 84.9 Å². The summed E-state index contributed by atoms with van der Waals surface area (Å²) >= 11 is 0. The van der Waals surface area contributed by atoms with Crippen LogP contribution in [0.3, 0.4) is 0 Å². The lowest BCUT2D eigenvalue weighted by atomic mass is 10.1.